The number of phenols is 2. The Morgan fingerprint density at radius 1 is 0.769 bits per heavy atom. The summed E-state index contributed by atoms with van der Waals surface area (Å²) in [4.78, 5) is 0. The van der Waals surface area contributed by atoms with Crippen LogP contribution in [-0.2, 0) is 0 Å². The zero-order chi connectivity index (χ0) is 19.3. The first-order chi connectivity index (χ1) is 12.3. The van der Waals surface area contributed by atoms with Gasteiger partial charge in [-0.15, -0.1) is 0 Å². The minimum absolute atomic E-state index is 0.280. The summed E-state index contributed by atoms with van der Waals surface area (Å²) in [5.74, 6) is 2.36. The Hall–Kier alpha value is -1.96. The van der Waals surface area contributed by atoms with Crippen LogP contribution in [0.3, 0.4) is 0 Å². The molecule has 2 heteroatoms. The highest BCUT2D eigenvalue weighted by atomic mass is 16.3. The van der Waals surface area contributed by atoms with Crippen molar-refractivity contribution < 1.29 is 10.2 Å². The van der Waals surface area contributed by atoms with Crippen LogP contribution in [0, 0.1) is 25.7 Å². The average Bonchev–Trinajstić information content (AvgIpc) is 2.57. The van der Waals surface area contributed by atoms with Crippen molar-refractivity contribution in [2.45, 2.75) is 66.2 Å². The zero-order valence-corrected chi connectivity index (χ0v) is 16.9. The first-order valence-corrected chi connectivity index (χ1v) is 9.87. The highest BCUT2D eigenvalue weighted by Gasteiger charge is 2.19. The van der Waals surface area contributed by atoms with Gasteiger partial charge in [-0.3, -0.25) is 0 Å². The van der Waals surface area contributed by atoms with Gasteiger partial charge in [0.2, 0.25) is 0 Å². The van der Waals surface area contributed by atoms with Gasteiger partial charge in [0.05, 0.1) is 0 Å². The molecule has 0 heterocycles. The fourth-order valence-electron chi connectivity index (χ4n) is 3.65. The number of aryl methyl sites for hydroxylation is 2. The third kappa shape index (κ3) is 5.52. The monoisotopic (exact) mass is 354 g/mol. The Kier molecular flexibility index (Phi) is 7.14. The van der Waals surface area contributed by atoms with E-state index in [1.165, 1.54) is 30.4 Å². The topological polar surface area (TPSA) is 40.5 Å². The first kappa shape index (κ1) is 20.4. The van der Waals surface area contributed by atoms with Crippen LogP contribution in [-0.4, -0.2) is 10.2 Å². The molecule has 2 aromatic carbocycles. The molecule has 0 aliphatic rings. The summed E-state index contributed by atoms with van der Waals surface area (Å²) in [5, 5.41) is 19.8. The molecule has 0 radical (unpaired) electrons. The van der Waals surface area contributed by atoms with E-state index in [1.54, 1.807) is 12.1 Å². The summed E-state index contributed by atoms with van der Waals surface area (Å²) < 4.78 is 0. The van der Waals surface area contributed by atoms with E-state index in [-0.39, 0.29) is 5.92 Å². The Bertz CT molecular complexity index is 667. The second-order valence-electron chi connectivity index (χ2n) is 8.31. The van der Waals surface area contributed by atoms with Gasteiger partial charge < -0.3 is 10.2 Å². The van der Waals surface area contributed by atoms with Gasteiger partial charge in [-0.05, 0) is 66.5 Å². The third-order valence-corrected chi connectivity index (χ3v) is 5.36. The molecule has 1 unspecified atom stereocenters. The van der Waals surface area contributed by atoms with E-state index in [1.807, 2.05) is 26.0 Å². The molecule has 0 aliphatic carbocycles. The van der Waals surface area contributed by atoms with Crippen molar-refractivity contribution in [3.63, 3.8) is 0 Å². The highest BCUT2D eigenvalue weighted by molar-refractivity contribution is 5.43. The van der Waals surface area contributed by atoms with Crippen molar-refractivity contribution in [3.8, 4) is 11.5 Å². The molecule has 0 amide bonds. The van der Waals surface area contributed by atoms with Crippen molar-refractivity contribution >= 4 is 0 Å². The molecule has 142 valence electrons. The lowest BCUT2D eigenvalue weighted by atomic mass is 9.81. The Morgan fingerprint density at radius 3 is 1.69 bits per heavy atom. The highest BCUT2D eigenvalue weighted by Crippen LogP contribution is 2.36. The molecule has 0 fully saturated rings. The summed E-state index contributed by atoms with van der Waals surface area (Å²) in [5.41, 5.74) is 4.30. The van der Waals surface area contributed by atoms with Gasteiger partial charge in [0.25, 0.3) is 0 Å². The van der Waals surface area contributed by atoms with Crippen molar-refractivity contribution in [1.82, 2.24) is 0 Å². The smallest absolute Gasteiger partial charge is 0.118 e. The fraction of sp³-hybridized carbons (Fsp3) is 0.500. The van der Waals surface area contributed by atoms with Crippen LogP contribution in [0.25, 0.3) is 0 Å². The number of phenolic OH excluding ortho intramolecular Hbond substituents is 2. The van der Waals surface area contributed by atoms with E-state index >= 15 is 0 Å². The van der Waals surface area contributed by atoms with Crippen LogP contribution in [0.1, 0.15) is 74.6 Å². The third-order valence-electron chi connectivity index (χ3n) is 5.36. The largest absolute Gasteiger partial charge is 0.508 e. The molecular formula is C24H34O2. The Balaban J connectivity index is 2.26. The van der Waals surface area contributed by atoms with Gasteiger partial charge in [0, 0.05) is 5.92 Å². The molecule has 0 aromatic heterocycles. The lowest BCUT2D eigenvalue weighted by Gasteiger charge is -2.23. The predicted molar refractivity (Wildman–Crippen MR) is 110 cm³/mol. The fourth-order valence-corrected chi connectivity index (χ4v) is 3.65. The van der Waals surface area contributed by atoms with Crippen molar-refractivity contribution in [2.75, 3.05) is 0 Å². The number of hydrogen-bond donors (Lipinski definition) is 2. The summed E-state index contributed by atoms with van der Waals surface area (Å²) in [7, 11) is 0. The lowest BCUT2D eigenvalue weighted by Crippen LogP contribution is -2.08. The van der Waals surface area contributed by atoms with Crippen molar-refractivity contribution in [1.29, 1.82) is 0 Å². The quantitative estimate of drug-likeness (QED) is 0.554. The second kappa shape index (κ2) is 9.12. The molecule has 1 atom stereocenters. The number of benzene rings is 2. The molecule has 2 N–H and O–H groups in total. The maximum Gasteiger partial charge on any atom is 0.118 e. The average molecular weight is 355 g/mol. The van der Waals surface area contributed by atoms with Crippen LogP contribution >= 0.6 is 0 Å². The van der Waals surface area contributed by atoms with Crippen LogP contribution in [0.2, 0.25) is 0 Å². The molecule has 26 heavy (non-hydrogen) atoms. The van der Waals surface area contributed by atoms with Crippen LogP contribution in [0.4, 0.5) is 0 Å². The number of hydrogen-bond acceptors (Lipinski definition) is 2. The van der Waals surface area contributed by atoms with Gasteiger partial charge in [-0.2, -0.15) is 0 Å². The minimum atomic E-state index is 0.280. The molecule has 2 nitrogen and oxygen atoms in total. The zero-order valence-electron chi connectivity index (χ0n) is 16.9. The molecule has 0 saturated carbocycles. The summed E-state index contributed by atoms with van der Waals surface area (Å²) in [6.07, 6.45) is 4.87. The van der Waals surface area contributed by atoms with Gasteiger partial charge in [-0.25, -0.2) is 0 Å². The molecular weight excluding hydrogens is 320 g/mol. The normalized spacial score (nSPS) is 12.7. The minimum Gasteiger partial charge on any atom is -0.508 e. The molecule has 0 saturated heterocycles. The summed E-state index contributed by atoms with van der Waals surface area (Å²) in [6, 6.07) is 11.9. The Morgan fingerprint density at radius 2 is 1.27 bits per heavy atom. The van der Waals surface area contributed by atoms with Crippen LogP contribution < -0.4 is 0 Å². The maximum absolute atomic E-state index is 9.89. The van der Waals surface area contributed by atoms with Crippen molar-refractivity contribution in [2.24, 2.45) is 11.8 Å². The predicted octanol–water partition coefficient (Wildman–Crippen LogP) is 6.70. The number of aromatic hydroxyl groups is 2. The number of rotatable bonds is 8. The first-order valence-electron chi connectivity index (χ1n) is 9.87. The molecule has 2 rings (SSSR count). The molecule has 0 spiro atoms. The van der Waals surface area contributed by atoms with Gasteiger partial charge in [-0.1, -0.05) is 64.3 Å². The standard InChI is InChI=1S/C24H34O2/c1-16(2)7-6-8-17(3)13-22(20-9-11-23(25)18(4)14-20)21-10-12-24(26)19(5)15-21/h9-12,14-17,22,25-26H,6-8,13H2,1-5H3. The molecule has 0 bridgehead atoms. The van der Waals surface area contributed by atoms with E-state index in [0.29, 0.717) is 17.4 Å². The van der Waals surface area contributed by atoms with Gasteiger partial charge in [0.15, 0.2) is 0 Å². The SMILES string of the molecule is Cc1cc(C(CC(C)CCCC(C)C)c2ccc(O)c(C)c2)ccc1O. The van der Waals surface area contributed by atoms with Gasteiger partial charge >= 0.3 is 0 Å². The van der Waals surface area contributed by atoms with Gasteiger partial charge in [0.1, 0.15) is 11.5 Å². The van der Waals surface area contributed by atoms with E-state index in [0.717, 1.165) is 23.5 Å². The Labute approximate surface area is 158 Å². The summed E-state index contributed by atoms with van der Waals surface area (Å²) in [6.45, 7) is 10.8. The lowest BCUT2D eigenvalue weighted by molar-refractivity contribution is 0.420. The van der Waals surface area contributed by atoms with E-state index in [4.69, 9.17) is 0 Å². The summed E-state index contributed by atoms with van der Waals surface area (Å²) >= 11 is 0. The van der Waals surface area contributed by atoms with Crippen LogP contribution in [0.15, 0.2) is 36.4 Å². The van der Waals surface area contributed by atoms with E-state index in [2.05, 4.69) is 32.9 Å². The second-order valence-corrected chi connectivity index (χ2v) is 8.31. The van der Waals surface area contributed by atoms with E-state index in [9.17, 15) is 10.2 Å². The van der Waals surface area contributed by atoms with E-state index < -0.39 is 0 Å². The molecule has 0 aliphatic heterocycles. The van der Waals surface area contributed by atoms with Crippen molar-refractivity contribution in [3.05, 3.63) is 58.7 Å². The maximum atomic E-state index is 9.89. The van der Waals surface area contributed by atoms with Crippen LogP contribution in [0.5, 0.6) is 11.5 Å². The molecule has 2 aromatic rings.